The molecule has 2 atom stereocenters. The molecular formula is C16H23N3O2. The molecule has 1 aliphatic heterocycles. The number of likely N-dealkylation sites (tertiary alicyclic amines) is 1. The van der Waals surface area contributed by atoms with Gasteiger partial charge in [-0.25, -0.2) is 9.97 Å². The summed E-state index contributed by atoms with van der Waals surface area (Å²) in [5.41, 5.74) is 0.749. The minimum Gasteiger partial charge on any atom is -0.381 e. The molecular weight excluding hydrogens is 266 g/mol. The molecule has 2 aliphatic rings. The van der Waals surface area contributed by atoms with Crippen molar-refractivity contribution in [2.75, 3.05) is 20.2 Å². The second-order valence-corrected chi connectivity index (χ2v) is 6.33. The van der Waals surface area contributed by atoms with E-state index in [2.05, 4.69) is 9.97 Å². The molecule has 0 bridgehead atoms. The van der Waals surface area contributed by atoms with Crippen LogP contribution in [0.2, 0.25) is 0 Å². The first kappa shape index (κ1) is 14.4. The Kier molecular flexibility index (Phi) is 3.93. The molecule has 2 heterocycles. The molecule has 3 rings (SSSR count). The predicted octanol–water partition coefficient (Wildman–Crippen LogP) is 2.21. The Bertz CT molecular complexity index is 517. The Balaban J connectivity index is 1.77. The SMILES string of the molecule is CO[C@@H]1CCC[C@]12CCCN(C(=O)c1cnc(C)nc1)C2. The predicted molar refractivity (Wildman–Crippen MR) is 79.0 cm³/mol. The van der Waals surface area contributed by atoms with E-state index in [0.29, 0.717) is 17.5 Å². The number of aromatic nitrogens is 2. The van der Waals surface area contributed by atoms with Crippen LogP contribution in [0, 0.1) is 12.3 Å². The number of carbonyl (C=O) groups is 1. The average Bonchev–Trinajstić information content (AvgIpc) is 2.89. The lowest BCUT2D eigenvalue weighted by Crippen LogP contribution is -2.49. The highest BCUT2D eigenvalue weighted by Crippen LogP contribution is 2.46. The van der Waals surface area contributed by atoms with Crippen LogP contribution in [0.15, 0.2) is 12.4 Å². The molecule has 1 amide bonds. The van der Waals surface area contributed by atoms with Gasteiger partial charge in [-0.1, -0.05) is 6.42 Å². The third-order valence-corrected chi connectivity index (χ3v) is 5.03. The van der Waals surface area contributed by atoms with Crippen molar-refractivity contribution in [2.45, 2.75) is 45.1 Å². The van der Waals surface area contributed by atoms with Crippen molar-refractivity contribution in [3.63, 3.8) is 0 Å². The number of rotatable bonds is 2. The van der Waals surface area contributed by atoms with Gasteiger partial charge in [0.25, 0.3) is 5.91 Å². The third kappa shape index (κ3) is 2.67. The highest BCUT2D eigenvalue weighted by molar-refractivity contribution is 5.93. The molecule has 114 valence electrons. The van der Waals surface area contributed by atoms with Gasteiger partial charge in [0, 0.05) is 38.0 Å². The van der Waals surface area contributed by atoms with Crippen molar-refractivity contribution in [3.05, 3.63) is 23.8 Å². The van der Waals surface area contributed by atoms with E-state index in [4.69, 9.17) is 4.74 Å². The zero-order chi connectivity index (χ0) is 14.9. The van der Waals surface area contributed by atoms with Gasteiger partial charge in [0.2, 0.25) is 0 Å². The molecule has 1 spiro atoms. The first-order valence-corrected chi connectivity index (χ1v) is 7.75. The smallest absolute Gasteiger partial charge is 0.257 e. The summed E-state index contributed by atoms with van der Waals surface area (Å²) in [6, 6.07) is 0. The van der Waals surface area contributed by atoms with Crippen LogP contribution in [0.4, 0.5) is 0 Å². The Hall–Kier alpha value is -1.49. The number of hydrogen-bond donors (Lipinski definition) is 0. The van der Waals surface area contributed by atoms with Crippen molar-refractivity contribution in [1.82, 2.24) is 14.9 Å². The number of aryl methyl sites for hydroxylation is 1. The van der Waals surface area contributed by atoms with Gasteiger partial charge in [-0.05, 0) is 32.6 Å². The maximum absolute atomic E-state index is 12.7. The maximum atomic E-state index is 12.7. The van der Waals surface area contributed by atoms with E-state index >= 15 is 0 Å². The molecule has 1 saturated carbocycles. The summed E-state index contributed by atoms with van der Waals surface area (Å²) in [6.45, 7) is 3.45. The normalized spacial score (nSPS) is 29.0. The number of ether oxygens (including phenoxy) is 1. The molecule has 0 N–H and O–H groups in total. The largest absolute Gasteiger partial charge is 0.381 e. The van der Waals surface area contributed by atoms with E-state index in [9.17, 15) is 4.79 Å². The Morgan fingerprint density at radius 1 is 1.33 bits per heavy atom. The van der Waals surface area contributed by atoms with Crippen molar-refractivity contribution < 1.29 is 9.53 Å². The number of nitrogens with zero attached hydrogens (tertiary/aromatic N) is 3. The fourth-order valence-electron chi connectivity index (χ4n) is 3.96. The topological polar surface area (TPSA) is 55.3 Å². The summed E-state index contributed by atoms with van der Waals surface area (Å²) >= 11 is 0. The maximum Gasteiger partial charge on any atom is 0.257 e. The van der Waals surface area contributed by atoms with Crippen molar-refractivity contribution in [2.24, 2.45) is 5.41 Å². The van der Waals surface area contributed by atoms with Gasteiger partial charge in [-0.2, -0.15) is 0 Å². The van der Waals surface area contributed by atoms with Gasteiger partial charge in [-0.15, -0.1) is 0 Å². The van der Waals surface area contributed by atoms with Crippen LogP contribution in [-0.2, 0) is 4.74 Å². The molecule has 5 heteroatoms. The van der Waals surface area contributed by atoms with Crippen LogP contribution in [0.5, 0.6) is 0 Å². The lowest BCUT2D eigenvalue weighted by Gasteiger charge is -2.43. The van der Waals surface area contributed by atoms with Crippen molar-refractivity contribution in [3.8, 4) is 0 Å². The second kappa shape index (κ2) is 5.72. The molecule has 1 aromatic heterocycles. The van der Waals surface area contributed by atoms with Gasteiger partial charge < -0.3 is 9.64 Å². The summed E-state index contributed by atoms with van der Waals surface area (Å²) in [6.07, 6.45) is 9.27. The zero-order valence-corrected chi connectivity index (χ0v) is 12.8. The second-order valence-electron chi connectivity index (χ2n) is 6.33. The minimum absolute atomic E-state index is 0.0517. The molecule has 1 aromatic rings. The lowest BCUT2D eigenvalue weighted by molar-refractivity contribution is -0.0295. The zero-order valence-electron chi connectivity index (χ0n) is 12.8. The number of carbonyl (C=O) groups excluding carboxylic acids is 1. The van der Waals surface area contributed by atoms with E-state index in [0.717, 1.165) is 25.9 Å². The average molecular weight is 289 g/mol. The first-order valence-electron chi connectivity index (χ1n) is 7.75. The molecule has 0 aromatic carbocycles. The summed E-state index contributed by atoms with van der Waals surface area (Å²) in [4.78, 5) is 22.9. The third-order valence-electron chi connectivity index (χ3n) is 5.03. The number of piperidine rings is 1. The number of hydrogen-bond acceptors (Lipinski definition) is 4. The van der Waals surface area contributed by atoms with Crippen LogP contribution in [0.1, 0.15) is 48.3 Å². The highest BCUT2D eigenvalue weighted by atomic mass is 16.5. The van der Waals surface area contributed by atoms with Crippen LogP contribution >= 0.6 is 0 Å². The van der Waals surface area contributed by atoms with Crippen molar-refractivity contribution in [1.29, 1.82) is 0 Å². The molecule has 21 heavy (non-hydrogen) atoms. The Labute approximate surface area is 125 Å². The van der Waals surface area contributed by atoms with Crippen LogP contribution in [0.3, 0.4) is 0 Å². The molecule has 1 aliphatic carbocycles. The quantitative estimate of drug-likeness (QED) is 0.837. The Morgan fingerprint density at radius 2 is 2.05 bits per heavy atom. The van der Waals surface area contributed by atoms with Gasteiger partial charge in [0.15, 0.2) is 0 Å². The molecule has 2 fully saturated rings. The van der Waals surface area contributed by atoms with Crippen LogP contribution < -0.4 is 0 Å². The van der Waals surface area contributed by atoms with Gasteiger partial charge in [-0.3, -0.25) is 4.79 Å². The van der Waals surface area contributed by atoms with E-state index in [-0.39, 0.29) is 11.3 Å². The monoisotopic (exact) mass is 289 g/mol. The van der Waals surface area contributed by atoms with E-state index in [1.807, 2.05) is 11.8 Å². The number of amides is 1. The standard InChI is InChI=1S/C16H23N3O2/c1-12-17-9-13(10-18-12)15(20)19-8-4-7-16(11-19)6-3-5-14(16)21-2/h9-10,14H,3-8,11H2,1-2H3/t14-,16-/m1/s1. The van der Waals surface area contributed by atoms with Crippen LogP contribution in [0.25, 0.3) is 0 Å². The van der Waals surface area contributed by atoms with Gasteiger partial charge >= 0.3 is 0 Å². The van der Waals surface area contributed by atoms with E-state index < -0.39 is 0 Å². The number of methoxy groups -OCH3 is 1. The molecule has 0 radical (unpaired) electrons. The van der Waals surface area contributed by atoms with Crippen molar-refractivity contribution >= 4 is 5.91 Å². The summed E-state index contributed by atoms with van der Waals surface area (Å²) in [5, 5.41) is 0. The molecule has 1 saturated heterocycles. The minimum atomic E-state index is 0.0517. The van der Waals surface area contributed by atoms with Crippen LogP contribution in [-0.4, -0.2) is 47.1 Å². The van der Waals surface area contributed by atoms with E-state index in [1.165, 1.54) is 19.3 Å². The first-order chi connectivity index (χ1) is 10.1. The fraction of sp³-hybridized carbons (Fsp3) is 0.688. The Morgan fingerprint density at radius 3 is 2.76 bits per heavy atom. The molecule has 5 nitrogen and oxygen atoms in total. The van der Waals surface area contributed by atoms with Gasteiger partial charge in [0.05, 0.1) is 11.7 Å². The summed E-state index contributed by atoms with van der Waals surface area (Å²) < 4.78 is 5.69. The lowest BCUT2D eigenvalue weighted by atomic mass is 9.76. The highest BCUT2D eigenvalue weighted by Gasteiger charge is 2.46. The summed E-state index contributed by atoms with van der Waals surface area (Å²) in [7, 11) is 1.80. The van der Waals surface area contributed by atoms with E-state index in [1.54, 1.807) is 19.5 Å². The van der Waals surface area contributed by atoms with Gasteiger partial charge in [0.1, 0.15) is 5.82 Å². The fourth-order valence-corrected chi connectivity index (χ4v) is 3.96. The summed E-state index contributed by atoms with van der Waals surface area (Å²) in [5.74, 6) is 0.743. The molecule has 0 unspecified atom stereocenters.